The van der Waals surface area contributed by atoms with E-state index in [1.165, 1.54) is 11.9 Å². The largest absolute Gasteiger partial charge is 0.494 e. The molecule has 0 aliphatic carbocycles. The third kappa shape index (κ3) is 3.46. The van der Waals surface area contributed by atoms with Gasteiger partial charge in [-0.05, 0) is 49.2 Å². The Hall–Kier alpha value is -3.41. The molecule has 0 saturated carbocycles. The fourth-order valence-corrected chi connectivity index (χ4v) is 3.07. The molecule has 27 heavy (non-hydrogen) atoms. The van der Waals surface area contributed by atoms with Crippen molar-refractivity contribution in [3.8, 4) is 17.0 Å². The summed E-state index contributed by atoms with van der Waals surface area (Å²) in [6, 6.07) is 10.2. The average Bonchev–Trinajstić information content (AvgIpc) is 3.19. The van der Waals surface area contributed by atoms with Gasteiger partial charge in [-0.15, -0.1) is 0 Å². The van der Waals surface area contributed by atoms with Crippen LogP contribution in [0.15, 0.2) is 61.4 Å². The number of nitrogens with zero attached hydrogens (tertiary/aromatic N) is 4. The first kappa shape index (κ1) is 17.0. The number of rotatable bonds is 6. The number of fused-ring (bicyclic) bond motifs is 1. The topological polar surface area (TPSA) is 64.3 Å². The second-order valence-corrected chi connectivity index (χ2v) is 6.14. The van der Waals surface area contributed by atoms with Crippen molar-refractivity contribution in [2.45, 2.75) is 20.3 Å². The molecule has 0 unspecified atom stereocenters. The van der Waals surface area contributed by atoms with E-state index in [0.717, 1.165) is 40.4 Å². The number of nitrogens with one attached hydrogen (secondary N) is 1. The summed E-state index contributed by atoms with van der Waals surface area (Å²) >= 11 is 0. The first-order chi connectivity index (χ1) is 13.3. The first-order valence-electron chi connectivity index (χ1n) is 9.04. The molecule has 6 heteroatoms. The lowest BCUT2D eigenvalue weighted by atomic mass is 10.1. The average molecular weight is 359 g/mol. The van der Waals surface area contributed by atoms with E-state index in [4.69, 9.17) is 9.72 Å². The number of hydrogen-bond acceptors (Lipinski definition) is 5. The van der Waals surface area contributed by atoms with Gasteiger partial charge in [0, 0.05) is 36.0 Å². The molecule has 0 saturated heterocycles. The van der Waals surface area contributed by atoms with Gasteiger partial charge in [0.1, 0.15) is 12.1 Å². The molecule has 3 heterocycles. The van der Waals surface area contributed by atoms with Crippen molar-refractivity contribution < 1.29 is 4.74 Å². The van der Waals surface area contributed by atoms with Crippen molar-refractivity contribution in [3.63, 3.8) is 0 Å². The molecule has 0 aliphatic heterocycles. The van der Waals surface area contributed by atoms with Crippen molar-refractivity contribution in [3.05, 3.63) is 67.0 Å². The van der Waals surface area contributed by atoms with Gasteiger partial charge in [0.15, 0.2) is 5.82 Å². The Morgan fingerprint density at radius 2 is 1.96 bits per heavy atom. The first-order valence-corrected chi connectivity index (χ1v) is 9.04. The highest BCUT2D eigenvalue weighted by Gasteiger charge is 2.10. The molecule has 0 atom stereocenters. The zero-order valence-electron chi connectivity index (χ0n) is 15.4. The van der Waals surface area contributed by atoms with Crippen LogP contribution in [0.3, 0.4) is 0 Å². The SMILES string of the molecule is CCOc1ccc(Nc2nc(-c3cncnc3)cn3cccc23)cc1CC. The molecule has 6 nitrogen and oxygen atoms in total. The van der Waals surface area contributed by atoms with Crippen LogP contribution in [0.25, 0.3) is 16.8 Å². The Bertz CT molecular complexity index is 1060. The molecule has 4 aromatic rings. The fraction of sp³-hybridized carbons (Fsp3) is 0.190. The van der Waals surface area contributed by atoms with E-state index in [9.17, 15) is 0 Å². The second-order valence-electron chi connectivity index (χ2n) is 6.14. The lowest BCUT2D eigenvalue weighted by molar-refractivity contribution is 0.337. The Balaban J connectivity index is 1.74. The van der Waals surface area contributed by atoms with Crippen molar-refractivity contribution in [2.75, 3.05) is 11.9 Å². The maximum Gasteiger partial charge on any atom is 0.155 e. The number of aryl methyl sites for hydroxylation is 1. The molecule has 136 valence electrons. The van der Waals surface area contributed by atoms with Crippen molar-refractivity contribution in [1.82, 2.24) is 19.4 Å². The van der Waals surface area contributed by atoms with Crippen LogP contribution in [0.5, 0.6) is 5.75 Å². The minimum atomic E-state index is 0.660. The predicted octanol–water partition coefficient (Wildman–Crippen LogP) is 4.50. The van der Waals surface area contributed by atoms with Crippen LogP contribution >= 0.6 is 0 Å². The number of benzene rings is 1. The minimum Gasteiger partial charge on any atom is -0.494 e. The van der Waals surface area contributed by atoms with Crippen molar-refractivity contribution >= 4 is 17.0 Å². The number of ether oxygens (including phenoxy) is 1. The van der Waals surface area contributed by atoms with Gasteiger partial charge in [-0.3, -0.25) is 0 Å². The molecule has 0 aliphatic rings. The highest BCUT2D eigenvalue weighted by atomic mass is 16.5. The molecule has 0 fully saturated rings. The zero-order valence-corrected chi connectivity index (χ0v) is 15.4. The van der Waals surface area contributed by atoms with Gasteiger partial charge >= 0.3 is 0 Å². The Kier molecular flexibility index (Phi) is 4.70. The molecular weight excluding hydrogens is 338 g/mol. The summed E-state index contributed by atoms with van der Waals surface area (Å²) in [5.74, 6) is 1.72. The quantitative estimate of drug-likeness (QED) is 0.549. The Morgan fingerprint density at radius 3 is 2.74 bits per heavy atom. The Morgan fingerprint density at radius 1 is 1.11 bits per heavy atom. The zero-order chi connectivity index (χ0) is 18.6. The van der Waals surface area contributed by atoms with Gasteiger partial charge < -0.3 is 14.5 Å². The van der Waals surface area contributed by atoms with E-state index in [2.05, 4.69) is 28.3 Å². The number of hydrogen-bond donors (Lipinski definition) is 1. The van der Waals surface area contributed by atoms with E-state index in [0.29, 0.717) is 6.61 Å². The molecule has 0 radical (unpaired) electrons. The van der Waals surface area contributed by atoms with Crippen LogP contribution in [0.4, 0.5) is 11.5 Å². The van der Waals surface area contributed by atoms with Crippen LogP contribution in [-0.4, -0.2) is 26.0 Å². The fourth-order valence-electron chi connectivity index (χ4n) is 3.07. The summed E-state index contributed by atoms with van der Waals surface area (Å²) < 4.78 is 7.76. The van der Waals surface area contributed by atoms with E-state index in [1.807, 2.05) is 48.0 Å². The number of aromatic nitrogens is 4. The standard InChI is InChI=1S/C21H21N5O/c1-3-15-10-17(7-8-20(15)27-4-2)24-21-19-6-5-9-26(19)13-18(25-21)16-11-22-14-23-12-16/h5-14H,3-4H2,1-2H3,(H,24,25). The third-order valence-corrected chi connectivity index (χ3v) is 4.38. The van der Waals surface area contributed by atoms with Crippen molar-refractivity contribution in [2.24, 2.45) is 0 Å². The van der Waals surface area contributed by atoms with Gasteiger partial charge in [0.2, 0.25) is 0 Å². The third-order valence-electron chi connectivity index (χ3n) is 4.38. The summed E-state index contributed by atoms with van der Waals surface area (Å²) in [7, 11) is 0. The maximum atomic E-state index is 5.71. The molecule has 3 aromatic heterocycles. The highest BCUT2D eigenvalue weighted by molar-refractivity contribution is 5.76. The molecule has 0 amide bonds. The minimum absolute atomic E-state index is 0.660. The molecule has 0 spiro atoms. The summed E-state index contributed by atoms with van der Waals surface area (Å²) in [4.78, 5) is 13.0. The van der Waals surface area contributed by atoms with Gasteiger partial charge in [-0.1, -0.05) is 6.92 Å². The normalized spacial score (nSPS) is 10.9. The summed E-state index contributed by atoms with van der Waals surface area (Å²) in [6.45, 7) is 4.78. The summed E-state index contributed by atoms with van der Waals surface area (Å²) in [5.41, 5.74) is 4.83. The monoisotopic (exact) mass is 359 g/mol. The Labute approximate surface area is 157 Å². The van der Waals surface area contributed by atoms with Crippen molar-refractivity contribution in [1.29, 1.82) is 0 Å². The molecule has 1 aromatic carbocycles. The van der Waals surface area contributed by atoms with Gasteiger partial charge in [-0.25, -0.2) is 15.0 Å². The van der Waals surface area contributed by atoms with Gasteiger partial charge in [0.25, 0.3) is 0 Å². The van der Waals surface area contributed by atoms with Crippen LogP contribution < -0.4 is 10.1 Å². The van der Waals surface area contributed by atoms with Crippen LogP contribution in [-0.2, 0) is 6.42 Å². The van der Waals surface area contributed by atoms with Crippen LogP contribution in [0.2, 0.25) is 0 Å². The highest BCUT2D eigenvalue weighted by Crippen LogP contribution is 2.28. The smallest absolute Gasteiger partial charge is 0.155 e. The van der Waals surface area contributed by atoms with E-state index in [1.54, 1.807) is 12.4 Å². The molecule has 0 bridgehead atoms. The molecular formula is C21H21N5O. The van der Waals surface area contributed by atoms with Crippen LogP contribution in [0.1, 0.15) is 19.4 Å². The van der Waals surface area contributed by atoms with E-state index in [-0.39, 0.29) is 0 Å². The van der Waals surface area contributed by atoms with Gasteiger partial charge in [-0.2, -0.15) is 0 Å². The maximum absolute atomic E-state index is 5.71. The predicted molar refractivity (Wildman–Crippen MR) is 106 cm³/mol. The lowest BCUT2D eigenvalue weighted by Gasteiger charge is -2.14. The summed E-state index contributed by atoms with van der Waals surface area (Å²) in [5, 5.41) is 3.46. The van der Waals surface area contributed by atoms with E-state index >= 15 is 0 Å². The lowest BCUT2D eigenvalue weighted by Crippen LogP contribution is -2.01. The second kappa shape index (κ2) is 7.45. The summed E-state index contributed by atoms with van der Waals surface area (Å²) in [6.07, 6.45) is 9.93. The van der Waals surface area contributed by atoms with Crippen LogP contribution in [0, 0.1) is 0 Å². The van der Waals surface area contributed by atoms with E-state index < -0.39 is 0 Å². The number of anilines is 2. The molecule has 1 N–H and O–H groups in total. The molecule has 4 rings (SSSR count). The van der Waals surface area contributed by atoms with Gasteiger partial charge in [0.05, 0.1) is 17.8 Å².